The predicted molar refractivity (Wildman–Crippen MR) is 49.2 cm³/mol. The Hall–Kier alpha value is -0.600. The molecule has 0 aliphatic carbocycles. The molecule has 0 amide bonds. The molecule has 0 aromatic carbocycles. The molecule has 1 aromatic rings. The molecule has 0 fully saturated rings. The molecule has 1 N–H and O–H groups in total. The van der Waals surface area contributed by atoms with Crippen molar-refractivity contribution in [3.05, 3.63) is 28.5 Å². The molecule has 1 heterocycles. The molecular weight excluding hydrogens is 174 g/mol. The highest BCUT2D eigenvalue weighted by Crippen LogP contribution is 2.23. The van der Waals surface area contributed by atoms with Gasteiger partial charge in [0.1, 0.15) is 5.15 Å². The summed E-state index contributed by atoms with van der Waals surface area (Å²) in [6.45, 7) is 3.83. The van der Waals surface area contributed by atoms with Crippen LogP contribution in [0, 0.1) is 6.92 Å². The summed E-state index contributed by atoms with van der Waals surface area (Å²) in [4.78, 5) is 3.95. The topological polar surface area (TPSA) is 33.1 Å². The quantitative estimate of drug-likeness (QED) is 0.719. The fourth-order valence-electron chi connectivity index (χ4n) is 1.03. The highest BCUT2D eigenvalue weighted by Gasteiger charge is 2.09. The molecule has 12 heavy (non-hydrogen) atoms. The summed E-state index contributed by atoms with van der Waals surface area (Å²) < 4.78 is 0. The molecular formula is C9H12ClNO. The number of nitrogens with zero attached hydrogens (tertiary/aromatic N) is 1. The summed E-state index contributed by atoms with van der Waals surface area (Å²) >= 11 is 5.80. The van der Waals surface area contributed by atoms with Gasteiger partial charge in [0, 0.05) is 11.8 Å². The van der Waals surface area contributed by atoms with Gasteiger partial charge in [0.2, 0.25) is 0 Å². The molecule has 66 valence electrons. The van der Waals surface area contributed by atoms with Crippen LogP contribution in [0.5, 0.6) is 0 Å². The molecule has 0 radical (unpaired) electrons. The Morgan fingerprint density at radius 2 is 2.33 bits per heavy atom. The lowest BCUT2D eigenvalue weighted by Crippen LogP contribution is -1.98. The number of halogens is 1. The van der Waals surface area contributed by atoms with Gasteiger partial charge in [-0.25, -0.2) is 4.98 Å². The van der Waals surface area contributed by atoms with Gasteiger partial charge >= 0.3 is 0 Å². The summed E-state index contributed by atoms with van der Waals surface area (Å²) in [5.74, 6) is 0. The van der Waals surface area contributed by atoms with Crippen molar-refractivity contribution < 1.29 is 5.11 Å². The molecule has 0 bridgehead atoms. The van der Waals surface area contributed by atoms with Crippen molar-refractivity contribution in [2.24, 2.45) is 0 Å². The predicted octanol–water partition coefficient (Wildman–Crippen LogP) is 2.49. The molecule has 0 saturated carbocycles. The lowest BCUT2D eigenvalue weighted by atomic mass is 10.1. The van der Waals surface area contributed by atoms with E-state index >= 15 is 0 Å². The van der Waals surface area contributed by atoms with E-state index in [1.165, 1.54) is 0 Å². The van der Waals surface area contributed by atoms with Gasteiger partial charge < -0.3 is 5.11 Å². The Balaban J connectivity index is 3.04. The number of hydrogen-bond donors (Lipinski definition) is 1. The van der Waals surface area contributed by atoms with Crippen LogP contribution in [-0.2, 0) is 0 Å². The molecule has 3 heteroatoms. The largest absolute Gasteiger partial charge is 0.388 e. The summed E-state index contributed by atoms with van der Waals surface area (Å²) in [6, 6.07) is 1.86. The third-order valence-electron chi connectivity index (χ3n) is 1.75. The van der Waals surface area contributed by atoms with Gasteiger partial charge in [0.25, 0.3) is 0 Å². The smallest absolute Gasteiger partial charge is 0.134 e. The second kappa shape index (κ2) is 3.87. The van der Waals surface area contributed by atoms with Gasteiger partial charge in [-0.3, -0.25) is 0 Å². The number of aliphatic hydroxyl groups excluding tert-OH is 1. The number of pyridine rings is 1. The van der Waals surface area contributed by atoms with Crippen molar-refractivity contribution in [2.45, 2.75) is 26.4 Å². The van der Waals surface area contributed by atoms with E-state index in [0.29, 0.717) is 11.6 Å². The van der Waals surface area contributed by atoms with Gasteiger partial charge in [-0.05, 0) is 25.0 Å². The van der Waals surface area contributed by atoms with E-state index in [1.54, 1.807) is 6.20 Å². The molecule has 0 aliphatic rings. The number of rotatable bonds is 2. The standard InChI is InChI=1S/C9H12ClNO/c1-3-8(12)7-4-6(2)5-11-9(7)10/h4-5,8,12H,3H2,1-2H3. The van der Waals surface area contributed by atoms with Crippen LogP contribution in [0.25, 0.3) is 0 Å². The number of hydrogen-bond acceptors (Lipinski definition) is 2. The van der Waals surface area contributed by atoms with Gasteiger partial charge in [-0.15, -0.1) is 0 Å². The Morgan fingerprint density at radius 1 is 1.67 bits per heavy atom. The second-order valence-electron chi connectivity index (χ2n) is 2.82. The van der Waals surface area contributed by atoms with Crippen LogP contribution in [-0.4, -0.2) is 10.1 Å². The Morgan fingerprint density at radius 3 is 2.92 bits per heavy atom. The van der Waals surface area contributed by atoms with Gasteiger partial charge in [-0.1, -0.05) is 18.5 Å². The number of aliphatic hydroxyl groups is 1. The Bertz CT molecular complexity index is 275. The van der Waals surface area contributed by atoms with E-state index in [-0.39, 0.29) is 0 Å². The van der Waals surface area contributed by atoms with E-state index in [9.17, 15) is 5.11 Å². The Kier molecular flexibility index (Phi) is 3.06. The lowest BCUT2D eigenvalue weighted by molar-refractivity contribution is 0.173. The first-order chi connectivity index (χ1) is 5.65. The minimum Gasteiger partial charge on any atom is -0.388 e. The Labute approximate surface area is 77.2 Å². The van der Waals surface area contributed by atoms with E-state index in [4.69, 9.17) is 11.6 Å². The zero-order valence-electron chi connectivity index (χ0n) is 7.21. The van der Waals surface area contributed by atoms with Crippen molar-refractivity contribution in [2.75, 3.05) is 0 Å². The zero-order valence-corrected chi connectivity index (χ0v) is 7.97. The summed E-state index contributed by atoms with van der Waals surface area (Å²) in [5.41, 5.74) is 1.74. The first kappa shape index (κ1) is 9.49. The van der Waals surface area contributed by atoms with Crippen molar-refractivity contribution >= 4 is 11.6 Å². The third-order valence-corrected chi connectivity index (χ3v) is 2.06. The van der Waals surface area contributed by atoms with Gasteiger partial charge in [0.15, 0.2) is 0 Å². The first-order valence-electron chi connectivity index (χ1n) is 3.95. The van der Waals surface area contributed by atoms with Crippen LogP contribution in [0.2, 0.25) is 5.15 Å². The van der Waals surface area contributed by atoms with Crippen LogP contribution < -0.4 is 0 Å². The zero-order chi connectivity index (χ0) is 9.14. The second-order valence-corrected chi connectivity index (χ2v) is 3.17. The summed E-state index contributed by atoms with van der Waals surface area (Å²) in [7, 11) is 0. The van der Waals surface area contributed by atoms with Crippen molar-refractivity contribution in [1.29, 1.82) is 0 Å². The molecule has 1 atom stereocenters. The highest BCUT2D eigenvalue weighted by molar-refractivity contribution is 6.30. The maximum atomic E-state index is 9.51. The van der Waals surface area contributed by atoms with E-state index < -0.39 is 6.10 Å². The van der Waals surface area contributed by atoms with Crippen LogP contribution >= 0.6 is 11.6 Å². The minimum atomic E-state index is -0.495. The molecule has 1 aromatic heterocycles. The van der Waals surface area contributed by atoms with E-state index in [1.807, 2.05) is 19.9 Å². The molecule has 0 saturated heterocycles. The highest BCUT2D eigenvalue weighted by atomic mass is 35.5. The average Bonchev–Trinajstić information content (AvgIpc) is 2.08. The van der Waals surface area contributed by atoms with Crippen molar-refractivity contribution in [3.63, 3.8) is 0 Å². The number of aryl methyl sites for hydroxylation is 1. The fraction of sp³-hybridized carbons (Fsp3) is 0.444. The normalized spacial score (nSPS) is 13.0. The maximum Gasteiger partial charge on any atom is 0.134 e. The fourth-order valence-corrected chi connectivity index (χ4v) is 1.26. The summed E-state index contributed by atoms with van der Waals surface area (Å²) in [5, 5.41) is 9.91. The molecule has 2 nitrogen and oxygen atoms in total. The average molecular weight is 186 g/mol. The van der Waals surface area contributed by atoms with Gasteiger partial charge in [0.05, 0.1) is 6.10 Å². The minimum absolute atomic E-state index is 0.398. The van der Waals surface area contributed by atoms with Crippen molar-refractivity contribution in [3.8, 4) is 0 Å². The van der Waals surface area contributed by atoms with Crippen LogP contribution in [0.1, 0.15) is 30.6 Å². The number of aromatic nitrogens is 1. The third kappa shape index (κ3) is 1.96. The SMILES string of the molecule is CCC(O)c1cc(C)cnc1Cl. The van der Waals surface area contributed by atoms with Crippen LogP contribution in [0.15, 0.2) is 12.3 Å². The molecule has 0 aliphatic heterocycles. The molecule has 0 spiro atoms. The first-order valence-corrected chi connectivity index (χ1v) is 4.33. The monoisotopic (exact) mass is 185 g/mol. The maximum absolute atomic E-state index is 9.51. The van der Waals surface area contributed by atoms with Crippen LogP contribution in [0.4, 0.5) is 0 Å². The molecule has 1 unspecified atom stereocenters. The van der Waals surface area contributed by atoms with Crippen LogP contribution in [0.3, 0.4) is 0 Å². The van der Waals surface area contributed by atoms with E-state index in [2.05, 4.69) is 4.98 Å². The van der Waals surface area contributed by atoms with E-state index in [0.717, 1.165) is 11.1 Å². The lowest BCUT2D eigenvalue weighted by Gasteiger charge is -2.09. The molecule has 1 rings (SSSR count). The van der Waals surface area contributed by atoms with Crippen molar-refractivity contribution in [1.82, 2.24) is 4.98 Å². The summed E-state index contributed by atoms with van der Waals surface area (Å²) in [6.07, 6.45) is 1.85. The van der Waals surface area contributed by atoms with Gasteiger partial charge in [-0.2, -0.15) is 0 Å².